The van der Waals surface area contributed by atoms with E-state index in [0.717, 1.165) is 56.6 Å². The summed E-state index contributed by atoms with van der Waals surface area (Å²) in [5.74, 6) is -0.666. The number of nitriles is 1. The summed E-state index contributed by atoms with van der Waals surface area (Å²) in [6.45, 7) is 11.9. The topological polar surface area (TPSA) is 158 Å². The van der Waals surface area contributed by atoms with Gasteiger partial charge in [-0.05, 0) is 112 Å². The summed E-state index contributed by atoms with van der Waals surface area (Å²) < 4.78 is 12.3. The van der Waals surface area contributed by atoms with Gasteiger partial charge in [-0.2, -0.15) is 5.26 Å². The Morgan fingerprint density at radius 3 is 2.24 bits per heavy atom. The second kappa shape index (κ2) is 16.5. The average molecular weight is 808 g/mol. The number of hydrogen-bond donors (Lipinski definition) is 2. The smallest absolute Gasteiger partial charge is 0.262 e. The van der Waals surface area contributed by atoms with Gasteiger partial charge in [0.05, 0.1) is 28.3 Å². The summed E-state index contributed by atoms with van der Waals surface area (Å²) in [7, 11) is 0. The van der Waals surface area contributed by atoms with Crippen LogP contribution in [0.2, 0.25) is 5.02 Å². The number of imide groups is 2. The van der Waals surface area contributed by atoms with Gasteiger partial charge in [-0.3, -0.25) is 34.2 Å². The molecule has 4 aliphatic rings. The van der Waals surface area contributed by atoms with Crippen LogP contribution in [-0.2, 0) is 9.59 Å². The zero-order valence-electron chi connectivity index (χ0n) is 33.4. The number of halogens is 1. The monoisotopic (exact) mass is 807 g/mol. The van der Waals surface area contributed by atoms with E-state index >= 15 is 0 Å². The van der Waals surface area contributed by atoms with Crippen molar-refractivity contribution in [3.8, 4) is 17.6 Å². The van der Waals surface area contributed by atoms with Crippen LogP contribution in [-0.4, -0.2) is 83.8 Å². The molecule has 3 aromatic rings. The fourth-order valence-electron chi connectivity index (χ4n) is 9.55. The lowest BCUT2D eigenvalue weighted by Crippen LogP contribution is -2.74. The quantitative estimate of drug-likeness (QED) is 0.143. The molecule has 1 saturated carbocycles. The van der Waals surface area contributed by atoms with Crippen molar-refractivity contribution in [2.75, 3.05) is 26.2 Å². The van der Waals surface area contributed by atoms with E-state index in [9.17, 15) is 29.2 Å². The fourth-order valence-corrected chi connectivity index (χ4v) is 9.76. The van der Waals surface area contributed by atoms with E-state index in [1.54, 1.807) is 36.4 Å². The molecule has 0 radical (unpaired) electrons. The standard InChI is InChI=1S/C45H50ClN5O7/c1-44(2)42(45(3,4)43(44)58-32-13-12-30(26-47)35(46)25-32)49-38(53)29-10-8-27(9-11-29)28-18-21-50(22-19-28)20-6-5-7-23-57-31-14-15-33-34(24-31)41(56)51(40(33)55)36-16-17-37(52)48-39(36)54/h8-15,24-25,28,36,42-43H,5-7,16-23H2,1-4H3,(H,49,53)(H,48,52,54)/t36?,42-,43-. The van der Waals surface area contributed by atoms with Gasteiger partial charge in [0.25, 0.3) is 17.7 Å². The van der Waals surface area contributed by atoms with Gasteiger partial charge in [0, 0.05) is 34.9 Å². The van der Waals surface area contributed by atoms with Crippen molar-refractivity contribution in [3.63, 3.8) is 0 Å². The number of benzene rings is 3. The Balaban J connectivity index is 0.807. The summed E-state index contributed by atoms with van der Waals surface area (Å²) in [5, 5.41) is 15.0. The lowest BCUT2D eigenvalue weighted by molar-refractivity contribution is -0.164. The molecule has 304 valence electrons. The van der Waals surface area contributed by atoms with Gasteiger partial charge >= 0.3 is 0 Å². The number of fused-ring (bicyclic) bond motifs is 1. The van der Waals surface area contributed by atoms with E-state index in [2.05, 4.69) is 61.4 Å². The van der Waals surface area contributed by atoms with E-state index in [4.69, 9.17) is 21.1 Å². The van der Waals surface area contributed by atoms with Crippen LogP contribution in [0.3, 0.4) is 0 Å². The van der Waals surface area contributed by atoms with Crippen LogP contribution in [0.4, 0.5) is 0 Å². The van der Waals surface area contributed by atoms with Crippen molar-refractivity contribution in [2.45, 2.75) is 96.7 Å². The van der Waals surface area contributed by atoms with Crippen LogP contribution in [0.25, 0.3) is 0 Å². The van der Waals surface area contributed by atoms with Crippen molar-refractivity contribution in [3.05, 3.63) is 93.5 Å². The number of rotatable bonds is 13. The molecule has 2 N–H and O–H groups in total. The molecule has 1 unspecified atom stereocenters. The van der Waals surface area contributed by atoms with Gasteiger partial charge in [0.2, 0.25) is 11.8 Å². The Labute approximate surface area is 344 Å². The van der Waals surface area contributed by atoms with Gasteiger partial charge in [-0.15, -0.1) is 0 Å². The Morgan fingerprint density at radius 1 is 0.879 bits per heavy atom. The molecule has 0 aromatic heterocycles. The number of piperidine rings is 2. The Hall–Kier alpha value is -5.25. The van der Waals surface area contributed by atoms with Crippen molar-refractivity contribution in [1.29, 1.82) is 5.26 Å². The second-order valence-electron chi connectivity index (χ2n) is 17.1. The maximum absolute atomic E-state index is 13.5. The van der Waals surface area contributed by atoms with Crippen molar-refractivity contribution in [1.82, 2.24) is 20.4 Å². The molecule has 2 saturated heterocycles. The number of nitrogens with one attached hydrogen (secondary N) is 2. The predicted molar refractivity (Wildman–Crippen MR) is 217 cm³/mol. The third-order valence-corrected chi connectivity index (χ3v) is 12.8. The highest BCUT2D eigenvalue weighted by atomic mass is 35.5. The first-order valence-electron chi connectivity index (χ1n) is 20.2. The SMILES string of the molecule is CC1(C)[C@H](NC(=O)c2ccc(C3CCN(CCCCCOc4ccc5c(c4)C(=O)N(C4CCC(=O)NC4=O)C5=O)CC3)cc2)C(C)(C)[C@H]1Oc1ccc(C#N)c(Cl)c1. The van der Waals surface area contributed by atoms with Gasteiger partial charge < -0.3 is 19.7 Å². The van der Waals surface area contributed by atoms with E-state index in [-0.39, 0.29) is 52.9 Å². The van der Waals surface area contributed by atoms with Crippen molar-refractivity contribution in [2.24, 2.45) is 10.8 Å². The molecule has 58 heavy (non-hydrogen) atoms. The highest BCUT2D eigenvalue weighted by molar-refractivity contribution is 6.31. The number of carbonyl (C=O) groups excluding carboxylic acids is 5. The van der Waals surface area contributed by atoms with E-state index in [1.165, 1.54) is 5.56 Å². The number of hydrogen-bond acceptors (Lipinski definition) is 9. The van der Waals surface area contributed by atoms with Crippen LogP contribution in [0.5, 0.6) is 11.5 Å². The maximum atomic E-state index is 13.5. The zero-order valence-corrected chi connectivity index (χ0v) is 34.2. The summed E-state index contributed by atoms with van der Waals surface area (Å²) >= 11 is 6.24. The van der Waals surface area contributed by atoms with Crippen LogP contribution >= 0.6 is 11.6 Å². The predicted octanol–water partition coefficient (Wildman–Crippen LogP) is 6.65. The lowest BCUT2D eigenvalue weighted by atomic mass is 9.49. The molecule has 13 heteroatoms. The molecular weight excluding hydrogens is 758 g/mol. The minimum absolute atomic E-state index is 0.0768. The molecule has 12 nitrogen and oxygen atoms in total. The van der Waals surface area contributed by atoms with E-state index in [1.807, 2.05) is 12.1 Å². The first kappa shape index (κ1) is 40.9. The molecule has 1 aliphatic carbocycles. The Bertz CT molecular complexity index is 2140. The van der Waals surface area contributed by atoms with E-state index < -0.39 is 29.7 Å². The highest BCUT2D eigenvalue weighted by Crippen LogP contribution is 2.55. The van der Waals surface area contributed by atoms with Crippen molar-refractivity contribution >= 4 is 41.1 Å². The number of ether oxygens (including phenoxy) is 2. The van der Waals surface area contributed by atoms with Crippen LogP contribution in [0.15, 0.2) is 60.7 Å². The summed E-state index contributed by atoms with van der Waals surface area (Å²) in [6.07, 6.45) is 5.02. The molecule has 3 aromatic carbocycles. The van der Waals surface area contributed by atoms with Crippen LogP contribution < -0.4 is 20.1 Å². The third-order valence-electron chi connectivity index (χ3n) is 12.5. The Kier molecular flexibility index (Phi) is 11.7. The molecule has 1 atom stereocenters. The molecule has 7 rings (SSSR count). The molecule has 5 amide bonds. The average Bonchev–Trinajstić information content (AvgIpc) is 3.45. The summed E-state index contributed by atoms with van der Waals surface area (Å²) in [5.41, 5.74) is 2.05. The molecule has 0 bridgehead atoms. The minimum atomic E-state index is -0.993. The number of nitrogens with zero attached hydrogens (tertiary/aromatic N) is 3. The first-order chi connectivity index (χ1) is 27.7. The van der Waals surface area contributed by atoms with Gasteiger partial charge in [-0.25, -0.2) is 0 Å². The summed E-state index contributed by atoms with van der Waals surface area (Å²) in [4.78, 5) is 66.8. The highest BCUT2D eigenvalue weighted by Gasteiger charge is 2.64. The maximum Gasteiger partial charge on any atom is 0.262 e. The Morgan fingerprint density at radius 2 is 1.57 bits per heavy atom. The third kappa shape index (κ3) is 8.07. The number of likely N-dealkylation sites (tertiary alicyclic amines) is 1. The molecule has 3 aliphatic heterocycles. The van der Waals surface area contributed by atoms with Crippen molar-refractivity contribution < 1.29 is 33.4 Å². The van der Waals surface area contributed by atoms with Crippen LogP contribution in [0, 0.1) is 22.2 Å². The number of carbonyl (C=O) groups is 5. The van der Waals surface area contributed by atoms with Gasteiger partial charge in [-0.1, -0.05) is 51.4 Å². The molecule has 3 heterocycles. The zero-order chi connectivity index (χ0) is 41.4. The molecule has 0 spiro atoms. The molecule has 3 fully saturated rings. The minimum Gasteiger partial charge on any atom is -0.494 e. The first-order valence-corrected chi connectivity index (χ1v) is 20.5. The van der Waals surface area contributed by atoms with Gasteiger partial charge in [0.15, 0.2) is 0 Å². The lowest BCUT2D eigenvalue weighted by Gasteiger charge is -2.63. The molecular formula is C45H50ClN5O7. The largest absolute Gasteiger partial charge is 0.494 e. The van der Waals surface area contributed by atoms with Gasteiger partial charge in [0.1, 0.15) is 29.7 Å². The summed E-state index contributed by atoms with van der Waals surface area (Å²) in [6, 6.07) is 18.9. The second-order valence-corrected chi connectivity index (χ2v) is 17.5. The normalized spacial score (nSPS) is 22.8. The number of amides is 5. The van der Waals surface area contributed by atoms with Crippen LogP contribution in [0.1, 0.15) is 121 Å². The van der Waals surface area contributed by atoms with E-state index in [0.29, 0.717) is 40.2 Å². The fraction of sp³-hybridized carbons (Fsp3) is 0.467. The number of unbranched alkanes of at least 4 members (excludes halogenated alkanes) is 2.